The molecule has 2 aliphatic heterocycles. The van der Waals surface area contributed by atoms with Crippen molar-refractivity contribution in [3.8, 4) is 0 Å². The van der Waals surface area contributed by atoms with E-state index in [-0.39, 0.29) is 41.8 Å². The predicted molar refractivity (Wildman–Crippen MR) is 152 cm³/mol. The standard InChI is InChI=1S/C29H42N6O6/c1-19(2)16-35(21-13-20(17-34(18-21)28(38)39)25(36)33-8-11-40-12-9-33)26(37)23-15-31-27(29(3,4)5)32-24(23)30-14-22-7-6-10-41-22/h6-7,10,15,19-21H,8-9,11-14,16-18H2,1-5H3,(H,38,39)(H,30,31,32)/t20-,21+/m0/s1. The van der Waals surface area contributed by atoms with Crippen molar-refractivity contribution < 1.29 is 28.6 Å². The maximum absolute atomic E-state index is 14.3. The van der Waals surface area contributed by atoms with Crippen molar-refractivity contribution in [1.82, 2.24) is 24.7 Å². The van der Waals surface area contributed by atoms with Gasteiger partial charge in [-0.1, -0.05) is 34.6 Å². The number of rotatable bonds is 8. The molecule has 0 aliphatic carbocycles. The Hall–Kier alpha value is -3.67. The van der Waals surface area contributed by atoms with Crippen molar-refractivity contribution in [1.29, 1.82) is 0 Å². The van der Waals surface area contributed by atoms with Crippen molar-refractivity contribution >= 4 is 23.7 Å². The minimum absolute atomic E-state index is 0.0973. The smallest absolute Gasteiger partial charge is 0.407 e. The fraction of sp³-hybridized carbons (Fsp3) is 0.621. The average Bonchev–Trinajstić information content (AvgIpc) is 3.47. The average molecular weight is 571 g/mol. The molecule has 2 N–H and O–H groups in total. The number of likely N-dealkylation sites (tertiary alicyclic amines) is 1. The molecule has 41 heavy (non-hydrogen) atoms. The van der Waals surface area contributed by atoms with Crippen molar-refractivity contribution in [3.63, 3.8) is 0 Å². The van der Waals surface area contributed by atoms with Gasteiger partial charge in [0.05, 0.1) is 38.0 Å². The number of carbonyl (C=O) groups is 3. The van der Waals surface area contributed by atoms with E-state index in [2.05, 4.69) is 10.3 Å². The lowest BCUT2D eigenvalue weighted by Gasteiger charge is -2.43. The molecule has 2 aromatic rings. The van der Waals surface area contributed by atoms with Gasteiger partial charge >= 0.3 is 6.09 Å². The van der Waals surface area contributed by atoms with E-state index in [1.165, 1.54) is 4.90 Å². The summed E-state index contributed by atoms with van der Waals surface area (Å²) in [5, 5.41) is 13.2. The van der Waals surface area contributed by atoms with Crippen LogP contribution in [0.1, 0.15) is 63.0 Å². The van der Waals surface area contributed by atoms with Crippen LogP contribution in [0.2, 0.25) is 0 Å². The fourth-order valence-electron chi connectivity index (χ4n) is 5.24. The molecule has 0 spiro atoms. The minimum atomic E-state index is -1.11. The monoisotopic (exact) mass is 570 g/mol. The zero-order valence-electron chi connectivity index (χ0n) is 24.6. The Labute approximate surface area is 241 Å². The van der Waals surface area contributed by atoms with Gasteiger partial charge in [-0.05, 0) is 24.5 Å². The molecule has 3 amide bonds. The molecule has 2 fully saturated rings. The third kappa shape index (κ3) is 7.55. The molecule has 12 nitrogen and oxygen atoms in total. The number of hydrogen-bond donors (Lipinski definition) is 2. The largest absolute Gasteiger partial charge is 0.467 e. The Morgan fingerprint density at radius 3 is 2.51 bits per heavy atom. The molecule has 0 aromatic carbocycles. The van der Waals surface area contributed by atoms with E-state index in [9.17, 15) is 19.5 Å². The van der Waals surface area contributed by atoms with Crippen LogP contribution in [0.25, 0.3) is 0 Å². The van der Waals surface area contributed by atoms with E-state index < -0.39 is 18.1 Å². The van der Waals surface area contributed by atoms with Crippen LogP contribution in [0, 0.1) is 11.8 Å². The molecule has 224 valence electrons. The molecule has 4 rings (SSSR count). The molecule has 4 heterocycles. The lowest BCUT2D eigenvalue weighted by molar-refractivity contribution is -0.142. The zero-order valence-corrected chi connectivity index (χ0v) is 24.6. The summed E-state index contributed by atoms with van der Waals surface area (Å²) in [4.78, 5) is 53.8. The van der Waals surface area contributed by atoms with E-state index >= 15 is 0 Å². The Morgan fingerprint density at radius 1 is 1.17 bits per heavy atom. The third-order valence-electron chi connectivity index (χ3n) is 7.33. The summed E-state index contributed by atoms with van der Waals surface area (Å²) in [5.41, 5.74) is -0.0626. The second kappa shape index (κ2) is 12.9. The van der Waals surface area contributed by atoms with Gasteiger partial charge in [-0.15, -0.1) is 0 Å². The Bertz CT molecular complexity index is 1200. The number of anilines is 1. The van der Waals surface area contributed by atoms with E-state index in [0.717, 1.165) is 0 Å². The van der Waals surface area contributed by atoms with Gasteiger partial charge < -0.3 is 34.3 Å². The summed E-state index contributed by atoms with van der Waals surface area (Å²) in [6.07, 6.45) is 2.39. The fourth-order valence-corrected chi connectivity index (χ4v) is 5.24. The first kappa shape index (κ1) is 30.3. The third-order valence-corrected chi connectivity index (χ3v) is 7.33. The van der Waals surface area contributed by atoms with Gasteiger partial charge in [0.1, 0.15) is 23.0 Å². The van der Waals surface area contributed by atoms with Crippen LogP contribution < -0.4 is 5.32 Å². The van der Waals surface area contributed by atoms with E-state index in [0.29, 0.717) is 63.2 Å². The van der Waals surface area contributed by atoms with Crippen LogP contribution in [0.15, 0.2) is 29.0 Å². The number of ether oxygens (including phenoxy) is 1. The molecule has 2 aromatic heterocycles. The molecular weight excluding hydrogens is 528 g/mol. The SMILES string of the molecule is CC(C)CN(C(=O)c1cnc(C(C)(C)C)nc1NCc1ccco1)[C@@H]1C[C@H](C(=O)N2CCOCC2)CN(C(=O)O)C1. The van der Waals surface area contributed by atoms with Crippen LogP contribution in [-0.2, 0) is 21.5 Å². The summed E-state index contributed by atoms with van der Waals surface area (Å²) in [7, 11) is 0. The highest BCUT2D eigenvalue weighted by Gasteiger charge is 2.40. The summed E-state index contributed by atoms with van der Waals surface area (Å²) in [5.74, 6) is 0.788. The van der Waals surface area contributed by atoms with Crippen LogP contribution in [0.5, 0.6) is 0 Å². The van der Waals surface area contributed by atoms with Crippen LogP contribution in [0.4, 0.5) is 10.6 Å². The Balaban J connectivity index is 1.66. The lowest BCUT2D eigenvalue weighted by Crippen LogP contribution is -2.58. The van der Waals surface area contributed by atoms with Gasteiger partial charge in [-0.3, -0.25) is 9.59 Å². The lowest BCUT2D eigenvalue weighted by atomic mass is 9.91. The minimum Gasteiger partial charge on any atom is -0.467 e. The van der Waals surface area contributed by atoms with Crippen LogP contribution >= 0.6 is 0 Å². The summed E-state index contributed by atoms with van der Waals surface area (Å²) < 4.78 is 10.8. The maximum atomic E-state index is 14.3. The Morgan fingerprint density at radius 2 is 1.90 bits per heavy atom. The van der Waals surface area contributed by atoms with Gasteiger partial charge in [-0.25, -0.2) is 14.8 Å². The number of piperidine rings is 1. The number of nitrogens with one attached hydrogen (secondary N) is 1. The highest BCUT2D eigenvalue weighted by atomic mass is 16.5. The molecule has 0 radical (unpaired) electrons. The molecule has 2 atom stereocenters. The summed E-state index contributed by atoms with van der Waals surface area (Å²) in [6, 6.07) is 3.13. The van der Waals surface area contributed by atoms with E-state index in [1.807, 2.05) is 40.7 Å². The number of hydrogen-bond acceptors (Lipinski definition) is 8. The second-order valence-corrected chi connectivity index (χ2v) is 12.2. The van der Waals surface area contributed by atoms with Gasteiger partial charge in [-0.2, -0.15) is 0 Å². The van der Waals surface area contributed by atoms with Crippen molar-refractivity contribution in [2.45, 2.75) is 59.0 Å². The van der Waals surface area contributed by atoms with E-state index in [4.69, 9.17) is 14.1 Å². The normalized spacial score (nSPS) is 19.8. The topological polar surface area (TPSA) is 141 Å². The Kier molecular flexibility index (Phi) is 9.52. The number of carboxylic acid groups (broad SMARTS) is 1. The second-order valence-electron chi connectivity index (χ2n) is 12.2. The number of morpholine rings is 1. The first-order chi connectivity index (χ1) is 19.4. The van der Waals surface area contributed by atoms with Gasteiger partial charge in [0.15, 0.2) is 0 Å². The molecule has 2 saturated heterocycles. The number of furan rings is 1. The molecule has 2 aliphatic rings. The zero-order chi connectivity index (χ0) is 29.7. The van der Waals surface area contributed by atoms with Crippen LogP contribution in [-0.4, -0.2) is 99.7 Å². The molecule has 0 bridgehead atoms. The van der Waals surface area contributed by atoms with Crippen molar-refractivity contribution in [2.75, 3.05) is 51.3 Å². The number of nitrogens with zero attached hydrogens (tertiary/aromatic N) is 5. The summed E-state index contributed by atoms with van der Waals surface area (Å²) in [6.45, 7) is 12.8. The highest BCUT2D eigenvalue weighted by molar-refractivity contribution is 5.98. The molecule has 0 saturated carbocycles. The predicted octanol–water partition coefficient (Wildman–Crippen LogP) is 3.30. The van der Waals surface area contributed by atoms with Gasteiger partial charge in [0.2, 0.25) is 5.91 Å². The number of amides is 3. The van der Waals surface area contributed by atoms with Crippen LogP contribution in [0.3, 0.4) is 0 Å². The number of carbonyl (C=O) groups excluding carboxylic acids is 2. The van der Waals surface area contributed by atoms with Gasteiger partial charge in [0.25, 0.3) is 5.91 Å². The first-order valence-electron chi connectivity index (χ1n) is 14.2. The summed E-state index contributed by atoms with van der Waals surface area (Å²) >= 11 is 0. The maximum Gasteiger partial charge on any atom is 0.407 e. The van der Waals surface area contributed by atoms with Crippen molar-refractivity contribution in [2.24, 2.45) is 11.8 Å². The molecule has 12 heteroatoms. The molecule has 0 unspecified atom stereocenters. The molecular formula is C29H42N6O6. The highest BCUT2D eigenvalue weighted by Crippen LogP contribution is 2.28. The first-order valence-corrected chi connectivity index (χ1v) is 14.2. The van der Waals surface area contributed by atoms with E-state index in [1.54, 1.807) is 28.3 Å². The van der Waals surface area contributed by atoms with Gasteiger partial charge in [0, 0.05) is 44.3 Å². The quantitative estimate of drug-likeness (QED) is 0.489. The number of aromatic nitrogens is 2. The van der Waals surface area contributed by atoms with Crippen molar-refractivity contribution in [3.05, 3.63) is 41.7 Å².